The molecular weight excluding hydrogens is 665 g/mol. The van der Waals surface area contributed by atoms with Crippen LogP contribution in [0.2, 0.25) is 0 Å². The Balaban J connectivity index is 1.20. The van der Waals surface area contributed by atoms with Gasteiger partial charge in [0.15, 0.2) is 41.3 Å². The summed E-state index contributed by atoms with van der Waals surface area (Å²) in [4.78, 5) is 55.6. The number of nitrogens with two attached hydrogens (primary N) is 2. The molecule has 3 fully saturated rings. The monoisotopic (exact) mass is 690 g/mol. The number of hydrogen-bond donors (Lipinski definition) is 6. The van der Waals surface area contributed by atoms with Gasteiger partial charge in [0.1, 0.15) is 48.7 Å². The summed E-state index contributed by atoms with van der Waals surface area (Å²) in [6, 6.07) is 0. The maximum Gasteiger partial charge on any atom is 0.472 e. The molecule has 0 amide bonds. The van der Waals surface area contributed by atoms with E-state index in [0.29, 0.717) is 0 Å². The zero-order valence-corrected chi connectivity index (χ0v) is 24.8. The van der Waals surface area contributed by atoms with E-state index < -0.39 is 89.7 Å². The molecule has 7 rings (SSSR count). The Bertz CT molecular complexity index is 1960. The molecule has 22 nitrogen and oxygen atoms in total. The predicted octanol–water partition coefficient (Wildman–Crippen LogP) is -1.32. The number of fused-ring (bicyclic) bond motifs is 5. The van der Waals surface area contributed by atoms with Crippen molar-refractivity contribution in [3.8, 4) is 0 Å². The molecule has 0 aromatic carbocycles. The summed E-state index contributed by atoms with van der Waals surface area (Å²) in [7, 11) is -9.76. The number of aliphatic hydroxyl groups is 1. The van der Waals surface area contributed by atoms with Crippen molar-refractivity contribution in [3.05, 3.63) is 29.3 Å². The summed E-state index contributed by atoms with van der Waals surface area (Å²) in [5.41, 5.74) is 10.7. The number of hydrogen-bond acceptors (Lipinski definition) is 17. The molecule has 46 heavy (non-hydrogen) atoms. The largest absolute Gasteiger partial charge is 0.472 e. The van der Waals surface area contributed by atoms with Gasteiger partial charge in [0.2, 0.25) is 5.95 Å². The first kappa shape index (κ1) is 31.1. The van der Waals surface area contributed by atoms with Crippen molar-refractivity contribution in [2.24, 2.45) is 0 Å². The molecule has 0 saturated carbocycles. The van der Waals surface area contributed by atoms with E-state index in [1.807, 2.05) is 0 Å². The van der Waals surface area contributed by atoms with Crippen LogP contribution in [-0.4, -0.2) is 110 Å². The van der Waals surface area contributed by atoms with E-state index in [9.17, 15) is 28.8 Å². The van der Waals surface area contributed by atoms with Gasteiger partial charge in [0.25, 0.3) is 5.56 Å². The summed E-state index contributed by atoms with van der Waals surface area (Å²) < 4.78 is 77.0. The number of nitrogens with one attached hydrogen (secondary N) is 1. The van der Waals surface area contributed by atoms with E-state index in [1.54, 1.807) is 0 Å². The molecule has 3 aliphatic rings. The number of rotatable bonds is 2. The molecule has 25 heteroatoms. The lowest BCUT2D eigenvalue weighted by molar-refractivity contribution is -0.0631. The van der Waals surface area contributed by atoms with Crippen molar-refractivity contribution in [1.82, 2.24) is 39.0 Å². The van der Waals surface area contributed by atoms with Crippen LogP contribution in [0.3, 0.4) is 0 Å². The van der Waals surface area contributed by atoms with Gasteiger partial charge < -0.3 is 45.1 Å². The van der Waals surface area contributed by atoms with Gasteiger partial charge in [-0.1, -0.05) is 0 Å². The molecule has 8 N–H and O–H groups in total. The van der Waals surface area contributed by atoms with Crippen LogP contribution in [0.1, 0.15) is 12.5 Å². The smallest absolute Gasteiger partial charge is 0.387 e. The van der Waals surface area contributed by atoms with Crippen molar-refractivity contribution in [2.45, 2.75) is 49.1 Å². The molecule has 7 heterocycles. The van der Waals surface area contributed by atoms with Gasteiger partial charge in [-0.05, 0) is 0 Å². The van der Waals surface area contributed by atoms with Crippen molar-refractivity contribution in [2.75, 3.05) is 31.0 Å². The van der Waals surface area contributed by atoms with Crippen LogP contribution in [0.4, 0.5) is 16.2 Å². The first-order valence-corrected chi connectivity index (χ1v) is 16.6. The molecular formula is C21H25FN10O12P2. The lowest BCUT2D eigenvalue weighted by atomic mass is 10.1. The number of alkyl halides is 1. The van der Waals surface area contributed by atoms with Crippen molar-refractivity contribution in [1.29, 1.82) is 0 Å². The van der Waals surface area contributed by atoms with Crippen molar-refractivity contribution < 1.29 is 56.2 Å². The van der Waals surface area contributed by atoms with Crippen LogP contribution in [0.15, 0.2) is 23.8 Å². The lowest BCUT2D eigenvalue weighted by Crippen LogP contribution is -2.37. The van der Waals surface area contributed by atoms with Crippen LogP contribution in [0.25, 0.3) is 22.3 Å². The molecule has 0 radical (unpaired) electrons. The van der Waals surface area contributed by atoms with E-state index in [1.165, 1.54) is 10.9 Å². The number of nitrogens with zero attached hydrogens (tertiary/aromatic N) is 7. The van der Waals surface area contributed by atoms with Gasteiger partial charge in [-0.3, -0.25) is 32.5 Å². The van der Waals surface area contributed by atoms with Gasteiger partial charge >= 0.3 is 15.4 Å². The minimum absolute atomic E-state index is 0.0146. The van der Waals surface area contributed by atoms with E-state index >= 15 is 4.39 Å². The Morgan fingerprint density at radius 2 is 1.63 bits per heavy atom. The molecule has 248 valence electrons. The number of aromatic nitrogens is 8. The molecule has 3 aliphatic heterocycles. The number of halogens is 1. The number of nitrogen functional groups attached to an aromatic ring is 2. The van der Waals surface area contributed by atoms with E-state index in [0.717, 1.165) is 17.2 Å². The average Bonchev–Trinajstić information content (AvgIpc) is 3.75. The molecule has 2 bridgehead atoms. The van der Waals surface area contributed by atoms with Crippen LogP contribution < -0.4 is 17.0 Å². The fraction of sp³-hybridized carbons (Fsp3) is 0.524. The van der Waals surface area contributed by atoms with E-state index in [4.69, 9.17) is 39.2 Å². The number of ether oxygens (including phenoxy) is 3. The molecule has 0 spiro atoms. The molecule has 4 unspecified atom stereocenters. The van der Waals surface area contributed by atoms with Crippen LogP contribution in [0.5, 0.6) is 0 Å². The quantitative estimate of drug-likeness (QED) is 0.133. The zero-order valence-electron chi connectivity index (χ0n) is 23.0. The minimum atomic E-state index is -5.11. The topological polar surface area (TPSA) is 309 Å². The van der Waals surface area contributed by atoms with Crippen molar-refractivity contribution in [3.63, 3.8) is 0 Å². The third-order valence-electron chi connectivity index (χ3n) is 7.49. The maximum atomic E-state index is 15.9. The number of phosphoric ester groups is 1. The highest BCUT2D eigenvalue weighted by atomic mass is 31.2. The standard InChI is InChI=1S/C21H25FN10O12P2/c22-9-13-8(43-19(9)32-5-28-11-17(32)29-21(24)30-18(11)34)2-41-46(37,38)44-14-12(33)7(1-40-45(35,36)6-39-13)42-20(14)31-4-27-10-15(23)25-3-26-16(10)31/h3-5,7-9,12-14,19-20,33H,1-2,6H2,(H,35,36)(H,37,38)(H2,23,25,26)(H3,24,29,30,34)/t7-,8-,9+,12?,13?,14+,19-,20-/m1/s1. The Hall–Kier alpha value is -3.47. The zero-order chi connectivity index (χ0) is 32.5. The SMILES string of the molecule is Nc1nc2c(ncn2[C@@H]2O[C@@H]3COP(=O)(O)O[C@H]4C(O)[C@@H](COP(=O)(O)COC3[C@@H]2F)O[C@H]4n2cnc3c(N)ncnc32)c(=O)[nH]1. The first-order chi connectivity index (χ1) is 21.8. The number of H-pyrrole nitrogens is 1. The molecule has 3 saturated heterocycles. The second-order valence-electron chi connectivity index (χ2n) is 10.5. The average molecular weight is 690 g/mol. The van der Waals surface area contributed by atoms with Crippen LogP contribution >= 0.6 is 15.4 Å². The lowest BCUT2D eigenvalue weighted by Gasteiger charge is -2.26. The first-order valence-electron chi connectivity index (χ1n) is 13.3. The maximum absolute atomic E-state index is 15.9. The number of anilines is 2. The number of aromatic amines is 1. The third kappa shape index (κ3) is 5.48. The van der Waals surface area contributed by atoms with E-state index in [-0.39, 0.29) is 34.1 Å². The van der Waals surface area contributed by atoms with Gasteiger partial charge in [-0.15, -0.1) is 0 Å². The molecule has 0 aliphatic carbocycles. The van der Waals surface area contributed by atoms with E-state index in [2.05, 4.69) is 29.9 Å². The highest BCUT2D eigenvalue weighted by molar-refractivity contribution is 7.52. The fourth-order valence-electron chi connectivity index (χ4n) is 5.39. The number of aliphatic hydroxyl groups excluding tert-OH is 1. The fourth-order valence-corrected chi connectivity index (χ4v) is 7.14. The highest BCUT2D eigenvalue weighted by Crippen LogP contribution is 2.52. The second-order valence-corrected chi connectivity index (χ2v) is 13.6. The number of phosphoric acid groups is 1. The Labute approximate surface area is 254 Å². The summed E-state index contributed by atoms with van der Waals surface area (Å²) >= 11 is 0. The minimum Gasteiger partial charge on any atom is -0.387 e. The van der Waals surface area contributed by atoms with Gasteiger partial charge in [-0.2, -0.15) is 4.98 Å². The third-order valence-corrected chi connectivity index (χ3v) is 9.51. The summed E-state index contributed by atoms with van der Waals surface area (Å²) in [6.45, 7) is -1.59. The highest BCUT2D eigenvalue weighted by Gasteiger charge is 2.53. The van der Waals surface area contributed by atoms with Crippen molar-refractivity contribution >= 4 is 49.5 Å². The molecule has 10 atom stereocenters. The van der Waals surface area contributed by atoms with Gasteiger partial charge in [0, 0.05) is 0 Å². The van der Waals surface area contributed by atoms with Gasteiger partial charge in [-0.25, -0.2) is 28.9 Å². The predicted molar refractivity (Wildman–Crippen MR) is 147 cm³/mol. The second kappa shape index (κ2) is 11.3. The summed E-state index contributed by atoms with van der Waals surface area (Å²) in [5.74, 6) is -0.276. The Kier molecular flexibility index (Phi) is 7.68. The van der Waals surface area contributed by atoms with Crippen LogP contribution in [-0.2, 0) is 36.9 Å². The molecule has 4 aromatic heterocycles. The normalized spacial score (nSPS) is 37.4. The Morgan fingerprint density at radius 1 is 0.935 bits per heavy atom. The Morgan fingerprint density at radius 3 is 2.41 bits per heavy atom. The summed E-state index contributed by atoms with van der Waals surface area (Å²) in [5, 5.41) is 11.0. The number of imidazole rings is 2. The molecule has 4 aromatic rings. The summed E-state index contributed by atoms with van der Waals surface area (Å²) in [6.07, 6.45) is -10.8. The van der Waals surface area contributed by atoms with Crippen LogP contribution in [0, 0.1) is 0 Å². The van der Waals surface area contributed by atoms with Gasteiger partial charge in [0.05, 0.1) is 25.9 Å².